The lowest BCUT2D eigenvalue weighted by Crippen LogP contribution is -2.40. The molecule has 1 unspecified atom stereocenters. The first kappa shape index (κ1) is 7.29. The molecule has 0 saturated carbocycles. The molecule has 0 heterocycles. The molecule has 0 aliphatic rings. The summed E-state index contributed by atoms with van der Waals surface area (Å²) in [6.45, 7) is 0. The van der Waals surface area contributed by atoms with Crippen LogP contribution >= 0.6 is 12.6 Å². The number of hydrogen-bond acceptors (Lipinski definition) is 4. The topological polar surface area (TPSA) is 66.5 Å². The first-order valence-corrected chi connectivity index (χ1v) is 2.54. The van der Waals surface area contributed by atoms with Crippen LogP contribution in [0.25, 0.3) is 0 Å². The molecule has 0 aromatic heterocycles. The molecule has 0 fully saturated rings. The maximum absolute atomic E-state index is 8.20. The van der Waals surface area contributed by atoms with Gasteiger partial charge in [-0.15, -0.1) is 0 Å². The highest BCUT2D eigenvalue weighted by Gasteiger charge is 2.15. The Hall–Kier alpha value is 0.295. The summed E-state index contributed by atoms with van der Waals surface area (Å²) in [6.07, 6.45) is 0. The number of rotatable bonds is 2. The van der Waals surface area contributed by atoms with Crippen molar-refractivity contribution in [3.05, 3.63) is 0 Å². The van der Waals surface area contributed by atoms with Gasteiger partial charge in [0.1, 0.15) is 0 Å². The zero-order chi connectivity index (χ0) is 5.86. The summed E-state index contributed by atoms with van der Waals surface area (Å²) in [4.78, 5) is 0. The molecule has 0 spiro atoms. The second-order valence-corrected chi connectivity index (χ2v) is 1.63. The Labute approximate surface area is 48.1 Å². The average molecular weight is 121 g/mol. The van der Waals surface area contributed by atoms with Crippen LogP contribution in [0.3, 0.4) is 0 Å². The Balaban J connectivity index is 3.14. The van der Waals surface area contributed by atoms with Gasteiger partial charge in [0.15, 0.2) is 0 Å². The maximum Gasteiger partial charge on any atom is 0.470 e. The zero-order valence-corrected chi connectivity index (χ0v) is 4.68. The van der Waals surface area contributed by atoms with E-state index in [2.05, 4.69) is 12.6 Å². The van der Waals surface area contributed by atoms with Gasteiger partial charge in [-0.1, -0.05) is 0 Å². The summed E-state index contributed by atoms with van der Waals surface area (Å²) >= 11 is 3.71. The van der Waals surface area contributed by atoms with Crippen LogP contribution in [0.4, 0.5) is 0 Å². The normalized spacial score (nSPS) is 13.7. The third kappa shape index (κ3) is 2.93. The van der Waals surface area contributed by atoms with Gasteiger partial charge in [0.25, 0.3) is 0 Å². The zero-order valence-electron chi connectivity index (χ0n) is 3.78. The first-order chi connectivity index (χ1) is 3.18. The molecule has 0 radical (unpaired) electrons. The van der Waals surface area contributed by atoms with Crippen LogP contribution in [-0.4, -0.2) is 28.9 Å². The highest BCUT2D eigenvalue weighted by molar-refractivity contribution is 7.80. The second kappa shape index (κ2) is 3.32. The lowest BCUT2D eigenvalue weighted by Gasteiger charge is -2.02. The van der Waals surface area contributed by atoms with Gasteiger partial charge in [-0.05, 0) is 0 Å². The fourth-order valence-electron chi connectivity index (χ4n) is 0.0943. The SMILES string of the molecule is NC(CS)B(O)O. The molecule has 3 nitrogen and oxygen atoms in total. The standard InChI is InChI=1S/C2H8BNO2S/c4-2(1-7)3(5)6/h2,5-7H,1,4H2. The summed E-state index contributed by atoms with van der Waals surface area (Å²) in [7, 11) is -1.43. The van der Waals surface area contributed by atoms with Crippen LogP contribution < -0.4 is 5.73 Å². The molecule has 0 bridgehead atoms. The summed E-state index contributed by atoms with van der Waals surface area (Å²) < 4.78 is 0. The van der Waals surface area contributed by atoms with Crippen molar-refractivity contribution in [3.8, 4) is 0 Å². The predicted molar refractivity (Wildman–Crippen MR) is 32.0 cm³/mol. The van der Waals surface area contributed by atoms with Crippen molar-refractivity contribution in [2.45, 2.75) is 5.94 Å². The van der Waals surface area contributed by atoms with E-state index >= 15 is 0 Å². The smallest absolute Gasteiger partial charge is 0.426 e. The maximum atomic E-state index is 8.20. The largest absolute Gasteiger partial charge is 0.470 e. The fourth-order valence-corrected chi connectivity index (χ4v) is 0.283. The fraction of sp³-hybridized carbons (Fsp3) is 1.00. The van der Waals surface area contributed by atoms with Crippen molar-refractivity contribution in [3.63, 3.8) is 0 Å². The lowest BCUT2D eigenvalue weighted by molar-refractivity contribution is 0.392. The van der Waals surface area contributed by atoms with E-state index in [0.29, 0.717) is 0 Å². The van der Waals surface area contributed by atoms with Crippen LogP contribution in [0.5, 0.6) is 0 Å². The summed E-state index contributed by atoms with van der Waals surface area (Å²) in [6, 6.07) is 0. The van der Waals surface area contributed by atoms with Crippen LogP contribution in [0, 0.1) is 0 Å². The molecular formula is C2H8BNO2S. The van der Waals surface area contributed by atoms with E-state index in [1.807, 2.05) is 0 Å². The number of nitrogens with two attached hydrogens (primary N) is 1. The molecule has 4 N–H and O–H groups in total. The summed E-state index contributed by atoms with van der Waals surface area (Å²) in [5.74, 6) is -0.333. The Morgan fingerprint density at radius 3 is 2.14 bits per heavy atom. The van der Waals surface area contributed by atoms with Crippen molar-refractivity contribution in [2.24, 2.45) is 5.73 Å². The molecule has 0 aromatic carbocycles. The summed E-state index contributed by atoms with van der Waals surface area (Å²) in [5.41, 5.74) is 5.04. The van der Waals surface area contributed by atoms with E-state index in [-0.39, 0.29) is 5.75 Å². The van der Waals surface area contributed by atoms with E-state index in [9.17, 15) is 0 Å². The van der Waals surface area contributed by atoms with Crippen molar-refractivity contribution in [1.29, 1.82) is 0 Å². The quantitative estimate of drug-likeness (QED) is 0.259. The average Bonchev–Trinajstić information content (AvgIpc) is 1.65. The van der Waals surface area contributed by atoms with E-state index in [1.165, 1.54) is 0 Å². The molecule has 7 heavy (non-hydrogen) atoms. The Bertz CT molecular complexity index is 53.0. The minimum atomic E-state index is -1.43. The Morgan fingerprint density at radius 2 is 2.14 bits per heavy atom. The van der Waals surface area contributed by atoms with Crippen molar-refractivity contribution < 1.29 is 10.0 Å². The molecule has 0 aliphatic carbocycles. The lowest BCUT2D eigenvalue weighted by atomic mass is 9.82. The van der Waals surface area contributed by atoms with Crippen LogP contribution in [0.15, 0.2) is 0 Å². The van der Waals surface area contributed by atoms with Gasteiger partial charge in [-0.3, -0.25) is 0 Å². The van der Waals surface area contributed by atoms with Crippen LogP contribution in [-0.2, 0) is 0 Å². The molecule has 0 rings (SSSR count). The summed E-state index contributed by atoms with van der Waals surface area (Å²) in [5, 5.41) is 16.4. The Morgan fingerprint density at radius 1 is 1.71 bits per heavy atom. The number of thiol groups is 1. The van der Waals surface area contributed by atoms with Gasteiger partial charge in [-0.25, -0.2) is 0 Å². The predicted octanol–water partition coefficient (Wildman–Crippen LogP) is -1.74. The highest BCUT2D eigenvalue weighted by atomic mass is 32.1. The molecular weight excluding hydrogens is 113 g/mol. The molecule has 5 heteroatoms. The molecule has 0 aromatic rings. The second-order valence-electron chi connectivity index (χ2n) is 1.26. The van der Waals surface area contributed by atoms with Gasteiger partial charge in [0.2, 0.25) is 0 Å². The molecule has 0 saturated heterocycles. The molecule has 42 valence electrons. The molecule has 1 atom stereocenters. The van der Waals surface area contributed by atoms with E-state index < -0.39 is 13.1 Å². The highest BCUT2D eigenvalue weighted by Crippen LogP contribution is 1.82. The third-order valence-electron chi connectivity index (χ3n) is 0.594. The van der Waals surface area contributed by atoms with E-state index in [0.717, 1.165) is 0 Å². The van der Waals surface area contributed by atoms with Gasteiger partial charge in [-0.2, -0.15) is 12.6 Å². The minimum Gasteiger partial charge on any atom is -0.426 e. The third-order valence-corrected chi connectivity index (χ3v) is 1.02. The monoisotopic (exact) mass is 121 g/mol. The van der Waals surface area contributed by atoms with E-state index in [1.54, 1.807) is 0 Å². The van der Waals surface area contributed by atoms with E-state index in [4.69, 9.17) is 15.8 Å². The Kier molecular flexibility index (Phi) is 3.46. The van der Waals surface area contributed by atoms with Crippen LogP contribution in [0.2, 0.25) is 0 Å². The minimum absolute atomic E-state index is 0.289. The van der Waals surface area contributed by atoms with Crippen molar-refractivity contribution in [1.82, 2.24) is 0 Å². The number of hydrogen-bond donors (Lipinski definition) is 4. The van der Waals surface area contributed by atoms with Gasteiger partial charge < -0.3 is 15.8 Å². The molecule has 0 amide bonds. The van der Waals surface area contributed by atoms with Gasteiger partial charge in [0.05, 0.1) is 0 Å². The van der Waals surface area contributed by atoms with Gasteiger partial charge >= 0.3 is 7.12 Å². The van der Waals surface area contributed by atoms with Crippen LogP contribution in [0.1, 0.15) is 0 Å². The van der Waals surface area contributed by atoms with Crippen molar-refractivity contribution in [2.75, 3.05) is 5.75 Å². The molecule has 0 aliphatic heterocycles. The van der Waals surface area contributed by atoms with Crippen molar-refractivity contribution >= 4 is 19.7 Å². The first-order valence-electron chi connectivity index (χ1n) is 1.91. The van der Waals surface area contributed by atoms with Gasteiger partial charge in [0, 0.05) is 11.7 Å².